The second kappa shape index (κ2) is 24.4. The summed E-state index contributed by atoms with van der Waals surface area (Å²) in [4.78, 5) is 0. The molecular weight excluding hydrogens is 1260 g/mol. The zero-order valence-electron chi connectivity index (χ0n) is 53.0. The van der Waals surface area contributed by atoms with Crippen LogP contribution < -0.4 is 5.46 Å². The van der Waals surface area contributed by atoms with Crippen molar-refractivity contribution < 1.29 is 18.9 Å². The first kappa shape index (κ1) is 58.7. The molecule has 0 aliphatic rings. The number of fused-ring (bicyclic) bond motifs is 14. The van der Waals surface area contributed by atoms with E-state index in [0.717, 1.165) is 75.6 Å². The van der Waals surface area contributed by atoms with Gasteiger partial charge in [0, 0.05) is 26.0 Å². The maximum atomic E-state index is 10.1. The molecule has 0 saturated heterocycles. The number of furan rings is 2. The summed E-state index contributed by atoms with van der Waals surface area (Å²) in [7, 11) is -1.53. The fraction of sp³-hybridized carbons (Fsp3) is 0. The average molecular weight is 1320 g/mol. The summed E-state index contributed by atoms with van der Waals surface area (Å²) < 4.78 is 13.5. The summed E-state index contributed by atoms with van der Waals surface area (Å²) >= 11 is 3.55. The molecule has 20 aromatic rings. The van der Waals surface area contributed by atoms with Crippen LogP contribution in [0.2, 0.25) is 0 Å². The highest BCUT2D eigenvalue weighted by atomic mass is 79.9. The van der Waals surface area contributed by atoms with E-state index in [1.807, 2.05) is 48.5 Å². The molecule has 460 valence electrons. The second-order valence-corrected chi connectivity index (χ2v) is 26.2. The number of rotatable bonds is 6. The monoisotopic (exact) mass is 1320 g/mol. The largest absolute Gasteiger partial charge is 0.489 e. The SMILES string of the molecule is Brc1cccc(-c2ccc3oc4cc5ccccc5cc4c3c2)c1.OB(O)c1c2ccccc2c(-c2cccc3ccccc23)c2ccccc12.c1cc(-c2ccc3oc4cc5ccccc5cc4c3c2)cc(-c2c3ccccc3c(-c3cccc4ccccc34)c3ccccc23)c1. The Morgan fingerprint density at radius 2 is 0.531 bits per heavy atom. The zero-order valence-corrected chi connectivity index (χ0v) is 54.6. The molecule has 0 saturated carbocycles. The lowest BCUT2D eigenvalue weighted by Crippen LogP contribution is -2.31. The number of halogens is 1. The summed E-state index contributed by atoms with van der Waals surface area (Å²) in [5.74, 6) is 0. The van der Waals surface area contributed by atoms with Crippen LogP contribution in [-0.4, -0.2) is 17.2 Å². The molecule has 4 nitrogen and oxygen atoms in total. The lowest BCUT2D eigenvalue weighted by Gasteiger charge is -2.19. The Kier molecular flexibility index (Phi) is 14.6. The maximum absolute atomic E-state index is 10.1. The molecule has 2 aromatic heterocycles. The van der Waals surface area contributed by atoms with Gasteiger partial charge >= 0.3 is 7.12 Å². The zero-order chi connectivity index (χ0) is 65.4. The Labute approximate surface area is 573 Å². The fourth-order valence-electron chi connectivity index (χ4n) is 15.2. The molecule has 6 heteroatoms. The summed E-state index contributed by atoms with van der Waals surface area (Å²) in [6, 6.07) is 120. The van der Waals surface area contributed by atoms with Crippen molar-refractivity contribution in [3.05, 3.63) is 344 Å². The van der Waals surface area contributed by atoms with Gasteiger partial charge in [-0.1, -0.05) is 289 Å². The molecule has 0 atom stereocenters. The Hall–Kier alpha value is -11.9. The molecule has 0 aliphatic heterocycles. The van der Waals surface area contributed by atoms with Crippen molar-refractivity contribution in [3.63, 3.8) is 0 Å². The van der Waals surface area contributed by atoms with Crippen LogP contribution in [0.5, 0.6) is 0 Å². The van der Waals surface area contributed by atoms with Crippen LogP contribution in [0, 0.1) is 0 Å². The van der Waals surface area contributed by atoms with Crippen LogP contribution >= 0.6 is 15.9 Å². The Morgan fingerprint density at radius 1 is 0.214 bits per heavy atom. The van der Waals surface area contributed by atoms with E-state index in [1.165, 1.54) is 115 Å². The van der Waals surface area contributed by atoms with Gasteiger partial charge in [0.05, 0.1) is 0 Å². The molecule has 0 amide bonds. The van der Waals surface area contributed by atoms with E-state index >= 15 is 0 Å². The van der Waals surface area contributed by atoms with Crippen LogP contribution in [0.15, 0.2) is 353 Å². The van der Waals surface area contributed by atoms with Gasteiger partial charge in [-0.15, -0.1) is 0 Å². The molecule has 0 bridgehead atoms. The van der Waals surface area contributed by atoms with Gasteiger partial charge in [0.25, 0.3) is 0 Å². The summed E-state index contributed by atoms with van der Waals surface area (Å²) in [5, 5.41) is 43.4. The molecule has 0 fully saturated rings. The molecule has 0 unspecified atom stereocenters. The second-order valence-electron chi connectivity index (χ2n) is 25.3. The minimum atomic E-state index is -1.53. The first-order valence-corrected chi connectivity index (χ1v) is 33.9. The van der Waals surface area contributed by atoms with Crippen LogP contribution in [0.3, 0.4) is 0 Å². The lowest BCUT2D eigenvalue weighted by molar-refractivity contribution is 0.426. The topological polar surface area (TPSA) is 66.7 Å². The number of benzene rings is 18. The van der Waals surface area contributed by atoms with E-state index in [-0.39, 0.29) is 0 Å². The van der Waals surface area contributed by atoms with Crippen LogP contribution in [-0.2, 0) is 0 Å². The molecule has 0 aliphatic carbocycles. The Morgan fingerprint density at radius 3 is 0.969 bits per heavy atom. The summed E-state index contributed by atoms with van der Waals surface area (Å²) in [6.45, 7) is 0. The minimum absolute atomic E-state index is 0.560. The smallest absolute Gasteiger partial charge is 0.456 e. The molecule has 0 spiro atoms. The third-order valence-electron chi connectivity index (χ3n) is 19.6. The van der Waals surface area contributed by atoms with Crippen molar-refractivity contribution in [2.24, 2.45) is 0 Å². The van der Waals surface area contributed by atoms with Crippen molar-refractivity contribution in [1.29, 1.82) is 0 Å². The van der Waals surface area contributed by atoms with Crippen LogP contribution in [0.4, 0.5) is 0 Å². The van der Waals surface area contributed by atoms with E-state index in [4.69, 9.17) is 8.83 Å². The standard InChI is InChI=1S/C46H28O.C24H17BO2.C22H13BrO/c1-2-13-32-28-44-42(26-31(32)12-1)41-27-33(23-24-43(41)47-44)30-15-9-16-34(25-30)45-37-18-5-7-20-39(37)46(40-21-8-6-19-38(40)45)36-22-10-14-29-11-3-4-17-35(29)36;26-25(27)24-21-13-5-3-11-19(21)23(20-12-4-6-14-22(20)24)18-15-7-9-16-8-1-2-10-17(16)18;23-18-7-3-6-14(10-18)17-8-9-21-19(12-17)20-11-15-4-1-2-5-16(15)13-22(20)24-21/h1-28H;1-15,26-27H;1-13H. The van der Waals surface area contributed by atoms with Gasteiger partial charge in [-0.25, -0.2) is 0 Å². The van der Waals surface area contributed by atoms with Gasteiger partial charge in [0.2, 0.25) is 0 Å². The van der Waals surface area contributed by atoms with Crippen molar-refractivity contribution in [1.82, 2.24) is 0 Å². The minimum Gasteiger partial charge on any atom is -0.456 e. The van der Waals surface area contributed by atoms with Gasteiger partial charge in [0.1, 0.15) is 22.3 Å². The summed E-state index contributed by atoms with van der Waals surface area (Å²) in [5.41, 5.74) is 16.3. The van der Waals surface area contributed by atoms with Crippen LogP contribution in [0.1, 0.15) is 0 Å². The third kappa shape index (κ3) is 10.2. The van der Waals surface area contributed by atoms with E-state index < -0.39 is 7.12 Å². The molecule has 2 heterocycles. The quantitative estimate of drug-likeness (QED) is 0.129. The van der Waals surface area contributed by atoms with Gasteiger partial charge in [-0.3, -0.25) is 0 Å². The molecule has 98 heavy (non-hydrogen) atoms. The Bertz CT molecular complexity index is 6450. The lowest BCUT2D eigenvalue weighted by atomic mass is 9.72. The molecular formula is C92H58BBrO4. The highest BCUT2D eigenvalue weighted by Gasteiger charge is 2.24. The highest BCUT2D eigenvalue weighted by molar-refractivity contribution is 9.10. The molecule has 0 radical (unpaired) electrons. The first-order chi connectivity index (χ1) is 48.3. The predicted molar refractivity (Wildman–Crippen MR) is 419 cm³/mol. The van der Waals surface area contributed by atoms with Gasteiger partial charge in [-0.2, -0.15) is 0 Å². The average Bonchev–Trinajstić information content (AvgIpc) is 1.03. The highest BCUT2D eigenvalue weighted by Crippen LogP contribution is 2.47. The van der Waals surface area contributed by atoms with E-state index in [2.05, 4.69) is 307 Å². The molecule has 20 rings (SSSR count). The molecule has 2 N–H and O–H groups in total. The third-order valence-corrected chi connectivity index (χ3v) is 20.1. The summed E-state index contributed by atoms with van der Waals surface area (Å²) in [6.07, 6.45) is 0. The number of hydrogen-bond donors (Lipinski definition) is 2. The van der Waals surface area contributed by atoms with E-state index in [9.17, 15) is 10.0 Å². The van der Waals surface area contributed by atoms with Crippen molar-refractivity contribution in [2.75, 3.05) is 0 Å². The van der Waals surface area contributed by atoms with E-state index in [0.29, 0.717) is 5.46 Å². The van der Waals surface area contributed by atoms with Gasteiger partial charge < -0.3 is 18.9 Å². The maximum Gasteiger partial charge on any atom is 0.489 e. The van der Waals surface area contributed by atoms with Crippen molar-refractivity contribution in [2.45, 2.75) is 0 Å². The fourth-order valence-corrected chi connectivity index (χ4v) is 15.6. The number of hydrogen-bond acceptors (Lipinski definition) is 4. The van der Waals surface area contributed by atoms with Crippen molar-refractivity contribution >= 4 is 159 Å². The van der Waals surface area contributed by atoms with E-state index in [1.54, 1.807) is 0 Å². The van der Waals surface area contributed by atoms with Gasteiger partial charge in [0.15, 0.2) is 0 Å². The van der Waals surface area contributed by atoms with Crippen LogP contribution in [0.25, 0.3) is 186 Å². The molecule has 18 aromatic carbocycles. The Balaban J connectivity index is 0.000000116. The normalized spacial score (nSPS) is 11.6. The van der Waals surface area contributed by atoms with Crippen molar-refractivity contribution in [3.8, 4) is 55.6 Å². The van der Waals surface area contributed by atoms with Gasteiger partial charge in [-0.05, 0) is 214 Å². The first-order valence-electron chi connectivity index (χ1n) is 33.1. The predicted octanol–water partition coefficient (Wildman–Crippen LogP) is 24.9.